The Kier molecular flexibility index (Phi) is 7.06. The highest BCUT2D eigenvalue weighted by Gasteiger charge is 2.12. The highest BCUT2D eigenvalue weighted by Crippen LogP contribution is 2.28. The Labute approximate surface area is 122 Å². The molecule has 0 atom stereocenters. The van der Waals surface area contributed by atoms with Gasteiger partial charge in [0.05, 0.1) is 6.42 Å². The second kappa shape index (κ2) is 8.57. The Bertz CT molecular complexity index is 425. The van der Waals surface area contributed by atoms with Crippen LogP contribution in [-0.4, -0.2) is 11.1 Å². The molecule has 0 bridgehead atoms. The molecule has 1 N–H and O–H groups in total. The molecule has 1 saturated carbocycles. The number of hydrogen-bond acceptors (Lipinski definition) is 1. The topological polar surface area (TPSA) is 37.3 Å². The van der Waals surface area contributed by atoms with Crippen molar-refractivity contribution >= 4 is 5.97 Å². The van der Waals surface area contributed by atoms with Crippen LogP contribution >= 0.6 is 0 Å². The van der Waals surface area contributed by atoms with Gasteiger partial charge in [-0.2, -0.15) is 0 Å². The van der Waals surface area contributed by atoms with E-state index in [-0.39, 0.29) is 6.42 Å². The average molecular weight is 274 g/mol. The lowest BCUT2D eigenvalue weighted by atomic mass is 9.85. The minimum atomic E-state index is -0.783. The van der Waals surface area contributed by atoms with Crippen molar-refractivity contribution in [2.45, 2.75) is 52.4 Å². The van der Waals surface area contributed by atoms with Crippen LogP contribution < -0.4 is 0 Å². The second-order valence-corrected chi connectivity index (χ2v) is 5.74. The van der Waals surface area contributed by atoms with Gasteiger partial charge in [-0.3, -0.25) is 4.79 Å². The van der Waals surface area contributed by atoms with Gasteiger partial charge in [0, 0.05) is 0 Å². The van der Waals surface area contributed by atoms with Crippen LogP contribution in [0.1, 0.15) is 50.2 Å². The van der Waals surface area contributed by atoms with Crippen LogP contribution in [0.3, 0.4) is 0 Å². The maximum absolute atomic E-state index is 10.3. The molecule has 0 heterocycles. The molecule has 0 aromatic heterocycles. The van der Waals surface area contributed by atoms with Crippen molar-refractivity contribution in [1.29, 1.82) is 0 Å². The molecule has 2 heteroatoms. The Balaban J connectivity index is 0.000000204. The molecule has 2 nitrogen and oxygen atoms in total. The Hall–Kier alpha value is -1.57. The first kappa shape index (κ1) is 16.5. The summed E-state index contributed by atoms with van der Waals surface area (Å²) in [4.78, 5) is 10.3. The van der Waals surface area contributed by atoms with E-state index >= 15 is 0 Å². The van der Waals surface area contributed by atoms with Crippen LogP contribution in [0.25, 0.3) is 0 Å². The van der Waals surface area contributed by atoms with Crippen LogP contribution in [-0.2, 0) is 11.2 Å². The fourth-order valence-corrected chi connectivity index (χ4v) is 2.48. The molecule has 1 fully saturated rings. The van der Waals surface area contributed by atoms with Crippen molar-refractivity contribution in [2.75, 3.05) is 0 Å². The number of aryl methyl sites for hydroxylation is 1. The fraction of sp³-hybridized carbons (Fsp3) is 0.500. The van der Waals surface area contributed by atoms with Gasteiger partial charge in [0.15, 0.2) is 0 Å². The number of carboxylic acid groups (broad SMARTS) is 1. The number of carboxylic acids is 1. The SMILES string of the molecule is C=C(C)C1CCCCC1.Cc1ccc(CC(=O)O)cc1. The first-order valence-electron chi connectivity index (χ1n) is 7.41. The summed E-state index contributed by atoms with van der Waals surface area (Å²) in [6.07, 6.45) is 7.21. The van der Waals surface area contributed by atoms with Gasteiger partial charge in [-0.25, -0.2) is 0 Å². The Morgan fingerprint density at radius 2 is 1.75 bits per heavy atom. The number of benzene rings is 1. The first-order chi connectivity index (χ1) is 9.49. The highest BCUT2D eigenvalue weighted by atomic mass is 16.4. The van der Waals surface area contributed by atoms with Crippen LogP contribution in [0.5, 0.6) is 0 Å². The van der Waals surface area contributed by atoms with E-state index in [2.05, 4.69) is 13.5 Å². The number of carbonyl (C=O) groups is 1. The van der Waals surface area contributed by atoms with Crippen molar-refractivity contribution in [3.8, 4) is 0 Å². The monoisotopic (exact) mass is 274 g/mol. The third kappa shape index (κ3) is 6.55. The molecule has 1 aromatic rings. The molecule has 1 aliphatic rings. The van der Waals surface area contributed by atoms with Crippen molar-refractivity contribution < 1.29 is 9.90 Å². The number of allylic oxidation sites excluding steroid dienone is 1. The summed E-state index contributed by atoms with van der Waals surface area (Å²) in [5.74, 6) is 0.0765. The summed E-state index contributed by atoms with van der Waals surface area (Å²) in [5, 5.41) is 8.44. The van der Waals surface area contributed by atoms with Crippen molar-refractivity contribution in [3.05, 3.63) is 47.5 Å². The summed E-state index contributed by atoms with van der Waals surface area (Å²) in [6.45, 7) is 8.12. The number of aliphatic carboxylic acids is 1. The smallest absolute Gasteiger partial charge is 0.307 e. The van der Waals surface area contributed by atoms with E-state index in [0.29, 0.717) is 0 Å². The minimum Gasteiger partial charge on any atom is -0.481 e. The van der Waals surface area contributed by atoms with Crippen molar-refractivity contribution in [3.63, 3.8) is 0 Å². The predicted octanol–water partition coefficient (Wildman–Crippen LogP) is 4.76. The lowest BCUT2D eigenvalue weighted by Gasteiger charge is -2.21. The average Bonchev–Trinajstić information content (AvgIpc) is 2.43. The van der Waals surface area contributed by atoms with Gasteiger partial charge in [-0.1, -0.05) is 61.2 Å². The fourth-order valence-electron chi connectivity index (χ4n) is 2.48. The van der Waals surface area contributed by atoms with Gasteiger partial charge in [0.2, 0.25) is 0 Å². The zero-order chi connectivity index (χ0) is 15.0. The summed E-state index contributed by atoms with van der Waals surface area (Å²) in [5.41, 5.74) is 3.40. The highest BCUT2D eigenvalue weighted by molar-refractivity contribution is 5.70. The summed E-state index contributed by atoms with van der Waals surface area (Å²) in [6, 6.07) is 7.50. The molecule has 1 aliphatic carbocycles. The first-order valence-corrected chi connectivity index (χ1v) is 7.41. The summed E-state index contributed by atoms with van der Waals surface area (Å²) >= 11 is 0. The van der Waals surface area contributed by atoms with E-state index in [1.165, 1.54) is 37.7 Å². The normalized spacial score (nSPS) is 15.1. The van der Waals surface area contributed by atoms with E-state index in [1.807, 2.05) is 31.2 Å². The molecule has 0 spiro atoms. The van der Waals surface area contributed by atoms with Gasteiger partial charge >= 0.3 is 5.97 Å². The van der Waals surface area contributed by atoms with E-state index in [4.69, 9.17) is 5.11 Å². The number of rotatable bonds is 3. The molecule has 0 radical (unpaired) electrons. The second-order valence-electron chi connectivity index (χ2n) is 5.74. The maximum Gasteiger partial charge on any atom is 0.307 e. The molecular formula is C18H26O2. The Morgan fingerprint density at radius 1 is 1.20 bits per heavy atom. The van der Waals surface area contributed by atoms with Gasteiger partial charge in [0.1, 0.15) is 0 Å². The summed E-state index contributed by atoms with van der Waals surface area (Å²) in [7, 11) is 0. The molecule has 0 aliphatic heterocycles. The van der Waals surface area contributed by atoms with E-state index < -0.39 is 5.97 Å². The zero-order valence-electron chi connectivity index (χ0n) is 12.7. The van der Waals surface area contributed by atoms with E-state index in [9.17, 15) is 4.79 Å². The van der Waals surface area contributed by atoms with Crippen molar-refractivity contribution in [2.24, 2.45) is 5.92 Å². The standard InChI is InChI=1S/C9H10O2.C9H16/c1-7-2-4-8(5-3-7)6-9(10)11;1-8(2)9-6-4-3-5-7-9/h2-5H,6H2,1H3,(H,10,11);9H,1,3-7H2,2H3. The molecule has 0 amide bonds. The molecule has 110 valence electrons. The van der Waals surface area contributed by atoms with Crippen molar-refractivity contribution in [1.82, 2.24) is 0 Å². The molecule has 1 aromatic carbocycles. The molecular weight excluding hydrogens is 248 g/mol. The molecule has 0 unspecified atom stereocenters. The van der Waals surface area contributed by atoms with E-state index in [1.54, 1.807) is 0 Å². The molecule has 0 saturated heterocycles. The lowest BCUT2D eigenvalue weighted by Crippen LogP contribution is -2.05. The van der Waals surface area contributed by atoms with Crippen LogP contribution in [0.4, 0.5) is 0 Å². The van der Waals surface area contributed by atoms with Gasteiger partial charge in [0.25, 0.3) is 0 Å². The third-order valence-corrected chi connectivity index (χ3v) is 3.78. The molecule has 20 heavy (non-hydrogen) atoms. The maximum atomic E-state index is 10.3. The van der Waals surface area contributed by atoms with Crippen LogP contribution in [0.15, 0.2) is 36.4 Å². The van der Waals surface area contributed by atoms with Gasteiger partial charge in [-0.05, 0) is 38.2 Å². The number of hydrogen-bond donors (Lipinski definition) is 1. The van der Waals surface area contributed by atoms with E-state index in [0.717, 1.165) is 17.0 Å². The zero-order valence-corrected chi connectivity index (χ0v) is 12.7. The summed E-state index contributed by atoms with van der Waals surface area (Å²) < 4.78 is 0. The van der Waals surface area contributed by atoms with Gasteiger partial charge < -0.3 is 5.11 Å². The minimum absolute atomic E-state index is 0.111. The van der Waals surface area contributed by atoms with Gasteiger partial charge in [-0.15, -0.1) is 0 Å². The predicted molar refractivity (Wildman–Crippen MR) is 83.9 cm³/mol. The Morgan fingerprint density at radius 3 is 2.15 bits per heavy atom. The molecule has 2 rings (SSSR count). The quantitative estimate of drug-likeness (QED) is 0.806. The lowest BCUT2D eigenvalue weighted by molar-refractivity contribution is -0.136. The largest absolute Gasteiger partial charge is 0.481 e. The van der Waals surface area contributed by atoms with Crippen LogP contribution in [0, 0.1) is 12.8 Å². The third-order valence-electron chi connectivity index (χ3n) is 3.78. The van der Waals surface area contributed by atoms with Crippen LogP contribution in [0.2, 0.25) is 0 Å².